The summed E-state index contributed by atoms with van der Waals surface area (Å²) in [5.74, 6) is 8.45. The van der Waals surface area contributed by atoms with Crippen molar-refractivity contribution in [3.05, 3.63) is 166 Å². The van der Waals surface area contributed by atoms with E-state index in [1.54, 1.807) is 14.2 Å². The monoisotopic (exact) mass is 653 g/mol. The van der Waals surface area contributed by atoms with Gasteiger partial charge < -0.3 is 14.4 Å². The Hall–Kier alpha value is -5.66. The molecule has 50 heavy (non-hydrogen) atoms. The van der Waals surface area contributed by atoms with Crippen molar-refractivity contribution in [2.24, 2.45) is 0 Å². The van der Waals surface area contributed by atoms with Crippen LogP contribution in [-0.2, 0) is 0 Å². The van der Waals surface area contributed by atoms with Gasteiger partial charge in [0.05, 0.1) is 14.2 Å². The Morgan fingerprint density at radius 1 is 0.440 bits per heavy atom. The summed E-state index contributed by atoms with van der Waals surface area (Å²) in [5, 5.41) is 0. The molecule has 0 aliphatic heterocycles. The Morgan fingerprint density at radius 2 is 0.760 bits per heavy atom. The lowest BCUT2D eigenvalue weighted by Crippen LogP contribution is -2.55. The van der Waals surface area contributed by atoms with Gasteiger partial charge in [-0.25, -0.2) is 0 Å². The van der Waals surface area contributed by atoms with E-state index in [-0.39, 0.29) is 6.71 Å². The predicted octanol–water partition coefficient (Wildman–Crippen LogP) is 8.94. The van der Waals surface area contributed by atoms with Crippen LogP contribution in [0.4, 0.5) is 17.1 Å². The van der Waals surface area contributed by atoms with Crippen molar-refractivity contribution in [1.82, 2.24) is 0 Å². The molecule has 6 aromatic carbocycles. The number of anilines is 3. The smallest absolute Gasteiger partial charge is 0.242 e. The molecule has 0 amide bonds. The summed E-state index contributed by atoms with van der Waals surface area (Å²) in [4.78, 5) is 2.21. The Bertz CT molecular complexity index is 2020. The molecule has 0 heterocycles. The third-order valence-corrected chi connectivity index (χ3v) is 9.44. The lowest BCUT2D eigenvalue weighted by atomic mass is 9.34. The highest BCUT2D eigenvalue weighted by Crippen LogP contribution is 2.36. The molecule has 0 aliphatic rings. The van der Waals surface area contributed by atoms with Gasteiger partial charge in [0.1, 0.15) is 11.5 Å². The molecule has 0 fully saturated rings. The highest BCUT2D eigenvalue weighted by Gasteiger charge is 2.28. The van der Waals surface area contributed by atoms with Gasteiger partial charge in [0, 0.05) is 28.2 Å². The zero-order valence-electron chi connectivity index (χ0n) is 30.4. The summed E-state index contributed by atoms with van der Waals surface area (Å²) < 4.78 is 10.8. The first-order chi connectivity index (χ1) is 24.1. The number of methoxy groups -OCH3 is 2. The first-order valence-electron chi connectivity index (χ1n) is 17.1. The molecule has 0 N–H and O–H groups in total. The Labute approximate surface area is 298 Å². The van der Waals surface area contributed by atoms with E-state index in [9.17, 15) is 0 Å². The zero-order chi connectivity index (χ0) is 35.4. The molecule has 0 aliphatic carbocycles. The number of nitrogens with zero attached hydrogens (tertiary/aromatic N) is 1. The van der Waals surface area contributed by atoms with E-state index < -0.39 is 0 Å². The van der Waals surface area contributed by atoms with Gasteiger partial charge in [-0.15, -0.1) is 0 Å². The summed E-state index contributed by atoms with van der Waals surface area (Å²) in [6.07, 6.45) is 0. The summed E-state index contributed by atoms with van der Waals surface area (Å²) in [6.45, 7) is 13.5. The number of hydrogen-bond donors (Lipinski definition) is 0. The van der Waals surface area contributed by atoms with Crippen molar-refractivity contribution in [2.45, 2.75) is 41.5 Å². The molecule has 0 atom stereocenters. The fraction of sp³-hybridized carbons (Fsp3) is 0.174. The minimum absolute atomic E-state index is 0.144. The molecule has 0 radical (unpaired) electrons. The topological polar surface area (TPSA) is 21.7 Å². The highest BCUT2D eigenvalue weighted by atomic mass is 16.5. The molecule has 0 saturated heterocycles. The minimum atomic E-state index is 0.144. The molecule has 0 spiro atoms. The number of rotatable bonds is 8. The van der Waals surface area contributed by atoms with E-state index in [4.69, 9.17) is 9.47 Å². The van der Waals surface area contributed by atoms with Crippen molar-refractivity contribution in [2.75, 3.05) is 19.1 Å². The third-order valence-electron chi connectivity index (χ3n) is 9.44. The van der Waals surface area contributed by atoms with Crippen LogP contribution in [0.3, 0.4) is 0 Å². The first-order valence-corrected chi connectivity index (χ1v) is 17.1. The predicted molar refractivity (Wildman–Crippen MR) is 213 cm³/mol. The lowest BCUT2D eigenvalue weighted by Gasteiger charge is -2.25. The van der Waals surface area contributed by atoms with Crippen molar-refractivity contribution < 1.29 is 9.47 Å². The van der Waals surface area contributed by atoms with Crippen LogP contribution < -0.4 is 30.8 Å². The fourth-order valence-corrected chi connectivity index (χ4v) is 7.28. The number of benzene rings is 6. The molecule has 4 heteroatoms. The average Bonchev–Trinajstić information content (AvgIpc) is 3.11. The number of ether oxygens (including phenoxy) is 2. The Morgan fingerprint density at radius 3 is 1.10 bits per heavy atom. The SMILES string of the molecule is COc1ccc(N(c2ccc(C#Cc3ccc(B(c4c(C)cc(C)cc4C)c4c(C)cc(C)cc4C)cc3)cc2)c2ccc(OC)cc2)cc1. The maximum atomic E-state index is 5.40. The largest absolute Gasteiger partial charge is 0.497 e. The number of aryl methyl sites for hydroxylation is 6. The van der Waals surface area contributed by atoms with E-state index in [1.807, 2.05) is 24.3 Å². The summed E-state index contributed by atoms with van der Waals surface area (Å²) in [6, 6.07) is 42.7. The second-order valence-corrected chi connectivity index (χ2v) is 13.2. The van der Waals surface area contributed by atoms with Crippen LogP contribution in [0.15, 0.2) is 121 Å². The van der Waals surface area contributed by atoms with E-state index >= 15 is 0 Å². The van der Waals surface area contributed by atoms with E-state index in [1.165, 1.54) is 49.8 Å². The molecular weight excluding hydrogens is 609 g/mol. The van der Waals surface area contributed by atoms with Gasteiger partial charge in [0.2, 0.25) is 6.71 Å². The highest BCUT2D eigenvalue weighted by molar-refractivity contribution is 6.96. The minimum Gasteiger partial charge on any atom is -0.497 e. The molecule has 3 nitrogen and oxygen atoms in total. The van der Waals surface area contributed by atoms with Gasteiger partial charge >= 0.3 is 0 Å². The molecule has 0 unspecified atom stereocenters. The van der Waals surface area contributed by atoms with E-state index in [0.29, 0.717) is 0 Å². The third kappa shape index (κ3) is 7.33. The molecule has 0 aromatic heterocycles. The van der Waals surface area contributed by atoms with Crippen molar-refractivity contribution >= 4 is 40.2 Å². The molecule has 0 saturated carbocycles. The number of hydrogen-bond acceptors (Lipinski definition) is 3. The summed E-state index contributed by atoms with van der Waals surface area (Å²) in [7, 11) is 3.36. The summed E-state index contributed by atoms with van der Waals surface area (Å²) >= 11 is 0. The molecule has 0 bridgehead atoms. The second kappa shape index (κ2) is 14.8. The average molecular weight is 654 g/mol. The normalized spacial score (nSPS) is 10.6. The van der Waals surface area contributed by atoms with Gasteiger partial charge in [0.25, 0.3) is 0 Å². The van der Waals surface area contributed by atoms with Crippen LogP contribution in [0.5, 0.6) is 11.5 Å². The molecule has 248 valence electrons. The molecule has 6 aromatic rings. The van der Waals surface area contributed by atoms with E-state index in [0.717, 1.165) is 39.7 Å². The lowest BCUT2D eigenvalue weighted by molar-refractivity contribution is 0.415. The van der Waals surface area contributed by atoms with Gasteiger partial charge in [-0.3, -0.25) is 0 Å². The Kier molecular flexibility index (Phi) is 10.2. The first kappa shape index (κ1) is 34.2. The maximum Gasteiger partial charge on any atom is 0.242 e. The van der Waals surface area contributed by atoms with Crippen LogP contribution in [0.25, 0.3) is 0 Å². The van der Waals surface area contributed by atoms with Gasteiger partial charge in [-0.1, -0.05) is 98.0 Å². The second-order valence-electron chi connectivity index (χ2n) is 13.2. The van der Waals surface area contributed by atoms with Gasteiger partial charge in [-0.2, -0.15) is 0 Å². The van der Waals surface area contributed by atoms with Crippen molar-refractivity contribution in [3.8, 4) is 23.3 Å². The molecular formula is C46H44BNO2. The standard InChI is InChI=1S/C46H44BNO2/c1-31-27-33(3)45(34(4)28-31)47(46-35(5)29-32(2)30-36(46)6)39-15-11-37(12-16-39)9-10-38-13-17-40(18-14-38)48(41-19-23-43(49-7)24-20-41)42-21-25-44(50-8)26-22-42/h11-30H,1-8H3. The molecule has 6 rings (SSSR count). The van der Waals surface area contributed by atoms with E-state index in [2.05, 4.69) is 155 Å². The zero-order valence-corrected chi connectivity index (χ0v) is 30.4. The quantitative estimate of drug-likeness (QED) is 0.121. The van der Waals surface area contributed by atoms with Gasteiger partial charge in [0.15, 0.2) is 0 Å². The van der Waals surface area contributed by atoms with Crippen LogP contribution >= 0.6 is 0 Å². The van der Waals surface area contributed by atoms with Crippen LogP contribution in [0.1, 0.15) is 44.5 Å². The van der Waals surface area contributed by atoms with Crippen molar-refractivity contribution in [1.29, 1.82) is 0 Å². The maximum absolute atomic E-state index is 5.40. The van der Waals surface area contributed by atoms with Crippen LogP contribution in [0, 0.1) is 53.4 Å². The summed E-state index contributed by atoms with van der Waals surface area (Å²) in [5.41, 5.74) is 17.0. The Balaban J connectivity index is 1.30. The van der Waals surface area contributed by atoms with Crippen LogP contribution in [0.2, 0.25) is 0 Å². The fourth-order valence-electron chi connectivity index (χ4n) is 7.28. The van der Waals surface area contributed by atoms with Gasteiger partial charge in [-0.05, 0) is 126 Å². The van der Waals surface area contributed by atoms with Crippen molar-refractivity contribution in [3.63, 3.8) is 0 Å². The van der Waals surface area contributed by atoms with Crippen LogP contribution in [-0.4, -0.2) is 20.9 Å².